The second-order valence-electron chi connectivity index (χ2n) is 5.54. The molecule has 0 heterocycles. The van der Waals surface area contributed by atoms with Gasteiger partial charge in [0.05, 0.1) is 0 Å². The summed E-state index contributed by atoms with van der Waals surface area (Å²) in [5, 5.41) is 0. The Kier molecular flexibility index (Phi) is 2.51. The van der Waals surface area contributed by atoms with E-state index >= 15 is 0 Å². The van der Waals surface area contributed by atoms with E-state index in [1.165, 1.54) is 38.5 Å². The van der Waals surface area contributed by atoms with Gasteiger partial charge in [0.2, 0.25) is 0 Å². The zero-order valence-corrected chi connectivity index (χ0v) is 9.91. The van der Waals surface area contributed by atoms with Crippen LogP contribution in [0.1, 0.15) is 49.1 Å². The molecule has 1 saturated carbocycles. The summed E-state index contributed by atoms with van der Waals surface area (Å²) in [5.41, 5.74) is 9.61. The highest BCUT2D eigenvalue weighted by atomic mass is 14.6. The van der Waals surface area contributed by atoms with E-state index < -0.39 is 0 Å². The number of nitrogens with two attached hydrogens (primary N) is 1. The molecule has 1 aromatic carbocycles. The normalized spacial score (nSPS) is 26.2. The van der Waals surface area contributed by atoms with Crippen LogP contribution in [0.3, 0.4) is 0 Å². The Morgan fingerprint density at radius 2 is 2.06 bits per heavy atom. The first kappa shape index (κ1) is 10.3. The van der Waals surface area contributed by atoms with Crippen molar-refractivity contribution in [1.82, 2.24) is 0 Å². The highest BCUT2D eigenvalue weighted by Gasteiger charge is 2.49. The fourth-order valence-corrected chi connectivity index (χ4v) is 3.61. The van der Waals surface area contributed by atoms with Crippen LogP contribution in [0.25, 0.3) is 0 Å². The van der Waals surface area contributed by atoms with E-state index in [-0.39, 0.29) is 0 Å². The van der Waals surface area contributed by atoms with Gasteiger partial charge in [-0.3, -0.25) is 0 Å². The summed E-state index contributed by atoms with van der Waals surface area (Å²) in [4.78, 5) is 0. The van der Waals surface area contributed by atoms with E-state index in [0.717, 1.165) is 12.5 Å². The average molecular weight is 215 g/mol. The zero-order chi connectivity index (χ0) is 11.0. The lowest BCUT2D eigenvalue weighted by molar-refractivity contribution is 0.338. The molecule has 86 valence electrons. The number of hydrogen-bond donors (Lipinski definition) is 1. The van der Waals surface area contributed by atoms with E-state index in [0.29, 0.717) is 5.41 Å². The second-order valence-corrected chi connectivity index (χ2v) is 5.54. The molecule has 16 heavy (non-hydrogen) atoms. The summed E-state index contributed by atoms with van der Waals surface area (Å²) < 4.78 is 0. The van der Waals surface area contributed by atoms with Gasteiger partial charge in [0, 0.05) is 0 Å². The van der Waals surface area contributed by atoms with Crippen molar-refractivity contribution < 1.29 is 0 Å². The van der Waals surface area contributed by atoms with Gasteiger partial charge in [0.25, 0.3) is 0 Å². The summed E-state index contributed by atoms with van der Waals surface area (Å²) in [7, 11) is 0. The molecule has 3 rings (SSSR count). The lowest BCUT2D eigenvalue weighted by atomic mass is 9.72. The van der Waals surface area contributed by atoms with Crippen LogP contribution in [0.4, 0.5) is 0 Å². The topological polar surface area (TPSA) is 26.0 Å². The average Bonchev–Trinajstić information content (AvgIpc) is 3.10. The molecule has 0 radical (unpaired) electrons. The van der Waals surface area contributed by atoms with Crippen molar-refractivity contribution in [2.45, 2.75) is 44.4 Å². The number of hydrogen-bond acceptors (Lipinski definition) is 1. The molecular weight excluding hydrogens is 194 g/mol. The third kappa shape index (κ3) is 1.58. The van der Waals surface area contributed by atoms with Crippen LogP contribution >= 0.6 is 0 Å². The molecule has 0 amide bonds. The first-order valence-electron chi connectivity index (χ1n) is 6.64. The highest BCUT2D eigenvalue weighted by Crippen LogP contribution is 2.61. The molecule has 0 aliphatic heterocycles. The lowest BCUT2D eigenvalue weighted by Gasteiger charge is -2.32. The van der Waals surface area contributed by atoms with Gasteiger partial charge in [0.1, 0.15) is 0 Å². The van der Waals surface area contributed by atoms with Gasteiger partial charge >= 0.3 is 0 Å². The minimum absolute atomic E-state index is 0.589. The Labute approximate surface area is 98.0 Å². The van der Waals surface area contributed by atoms with Crippen LogP contribution < -0.4 is 5.73 Å². The van der Waals surface area contributed by atoms with Crippen molar-refractivity contribution in [2.75, 3.05) is 6.54 Å². The summed E-state index contributed by atoms with van der Waals surface area (Å²) in [6.45, 7) is 0.860. The van der Waals surface area contributed by atoms with E-state index in [1.54, 1.807) is 11.1 Å². The SMILES string of the molecule is NCCC1(C2CCCc3ccccc32)CC1. The summed E-state index contributed by atoms with van der Waals surface area (Å²) in [6, 6.07) is 9.06. The van der Waals surface area contributed by atoms with Gasteiger partial charge < -0.3 is 5.73 Å². The van der Waals surface area contributed by atoms with Crippen LogP contribution in [0.2, 0.25) is 0 Å². The number of fused-ring (bicyclic) bond motifs is 1. The molecule has 1 heteroatoms. The van der Waals surface area contributed by atoms with Crippen molar-refractivity contribution in [1.29, 1.82) is 0 Å². The van der Waals surface area contributed by atoms with Gasteiger partial charge in [-0.15, -0.1) is 0 Å². The Morgan fingerprint density at radius 1 is 1.25 bits per heavy atom. The largest absolute Gasteiger partial charge is 0.330 e. The Morgan fingerprint density at radius 3 is 2.81 bits per heavy atom. The molecule has 2 N–H and O–H groups in total. The highest BCUT2D eigenvalue weighted by molar-refractivity contribution is 5.35. The van der Waals surface area contributed by atoms with E-state index in [2.05, 4.69) is 24.3 Å². The Balaban J connectivity index is 1.93. The first-order chi connectivity index (χ1) is 7.86. The predicted octanol–water partition coefficient (Wildman–Crippen LogP) is 3.24. The quantitative estimate of drug-likeness (QED) is 0.823. The third-order valence-corrected chi connectivity index (χ3v) is 4.64. The molecule has 2 aliphatic carbocycles. The minimum atomic E-state index is 0.589. The number of rotatable bonds is 3. The third-order valence-electron chi connectivity index (χ3n) is 4.64. The van der Waals surface area contributed by atoms with E-state index in [9.17, 15) is 0 Å². The van der Waals surface area contributed by atoms with E-state index in [1.807, 2.05) is 0 Å². The molecule has 0 bridgehead atoms. The Hall–Kier alpha value is -0.820. The lowest BCUT2D eigenvalue weighted by Crippen LogP contribution is -2.22. The maximum absolute atomic E-state index is 5.78. The molecule has 0 saturated heterocycles. The molecule has 2 aliphatic rings. The summed E-state index contributed by atoms with van der Waals surface area (Å²) in [6.07, 6.45) is 8.08. The molecule has 0 spiro atoms. The van der Waals surface area contributed by atoms with Crippen LogP contribution in [-0.2, 0) is 6.42 Å². The molecule has 1 atom stereocenters. The number of aryl methyl sites for hydroxylation is 1. The maximum Gasteiger partial charge on any atom is -0.00718 e. The van der Waals surface area contributed by atoms with Gasteiger partial charge in [-0.05, 0) is 67.5 Å². The van der Waals surface area contributed by atoms with Gasteiger partial charge in [-0.25, -0.2) is 0 Å². The van der Waals surface area contributed by atoms with Gasteiger partial charge in [-0.2, -0.15) is 0 Å². The molecular formula is C15H21N. The van der Waals surface area contributed by atoms with Crippen LogP contribution in [-0.4, -0.2) is 6.54 Å². The molecule has 1 fully saturated rings. The fraction of sp³-hybridized carbons (Fsp3) is 0.600. The second kappa shape index (κ2) is 3.89. The minimum Gasteiger partial charge on any atom is -0.330 e. The number of benzene rings is 1. The van der Waals surface area contributed by atoms with Gasteiger partial charge in [0.15, 0.2) is 0 Å². The van der Waals surface area contributed by atoms with Crippen molar-refractivity contribution in [3.8, 4) is 0 Å². The van der Waals surface area contributed by atoms with Crippen LogP contribution in [0.15, 0.2) is 24.3 Å². The Bertz CT molecular complexity index is 379. The van der Waals surface area contributed by atoms with Crippen LogP contribution in [0, 0.1) is 5.41 Å². The summed E-state index contributed by atoms with van der Waals surface area (Å²) in [5.74, 6) is 0.806. The molecule has 1 unspecified atom stereocenters. The molecule has 1 nitrogen and oxygen atoms in total. The maximum atomic E-state index is 5.78. The predicted molar refractivity (Wildman–Crippen MR) is 67.5 cm³/mol. The van der Waals surface area contributed by atoms with Crippen molar-refractivity contribution >= 4 is 0 Å². The van der Waals surface area contributed by atoms with Crippen molar-refractivity contribution in [3.05, 3.63) is 35.4 Å². The monoisotopic (exact) mass is 215 g/mol. The standard InChI is InChI=1S/C15H21N/c16-11-10-15(8-9-15)14-7-3-5-12-4-1-2-6-13(12)14/h1-2,4,6,14H,3,5,7-11,16H2. The summed E-state index contributed by atoms with van der Waals surface area (Å²) >= 11 is 0. The zero-order valence-electron chi connectivity index (χ0n) is 9.91. The van der Waals surface area contributed by atoms with Crippen LogP contribution in [0.5, 0.6) is 0 Å². The van der Waals surface area contributed by atoms with Gasteiger partial charge in [-0.1, -0.05) is 24.3 Å². The first-order valence-corrected chi connectivity index (χ1v) is 6.64. The molecule has 1 aromatic rings. The van der Waals surface area contributed by atoms with Crippen molar-refractivity contribution in [3.63, 3.8) is 0 Å². The van der Waals surface area contributed by atoms with E-state index in [4.69, 9.17) is 5.73 Å². The smallest absolute Gasteiger partial charge is 0.00718 e. The fourth-order valence-electron chi connectivity index (χ4n) is 3.61. The molecule has 0 aromatic heterocycles. The van der Waals surface area contributed by atoms with Crippen molar-refractivity contribution in [2.24, 2.45) is 11.1 Å².